The molecular weight excluding hydrogens is 274 g/mol. The second-order valence-electron chi connectivity index (χ2n) is 5.69. The molecule has 1 aliphatic rings. The highest BCUT2D eigenvalue weighted by atomic mass is 32.2. The molecule has 4 nitrogen and oxygen atoms in total. The van der Waals surface area contributed by atoms with E-state index in [9.17, 15) is 8.42 Å². The fourth-order valence-corrected chi connectivity index (χ4v) is 4.15. The molecule has 0 unspecified atom stereocenters. The van der Waals surface area contributed by atoms with Gasteiger partial charge in [-0.3, -0.25) is 0 Å². The SMILES string of the molecule is CCC1(CNS(=O)(=O)c2cccc(CO)c2)CCCC1. The average Bonchev–Trinajstić information content (AvgIpc) is 2.95. The molecule has 5 heteroatoms. The Labute approximate surface area is 121 Å². The van der Waals surface area contributed by atoms with E-state index in [0.717, 1.165) is 19.3 Å². The minimum Gasteiger partial charge on any atom is -0.392 e. The Morgan fingerprint density at radius 1 is 1.30 bits per heavy atom. The molecule has 1 fully saturated rings. The largest absolute Gasteiger partial charge is 0.392 e. The summed E-state index contributed by atoms with van der Waals surface area (Å²) in [6.07, 6.45) is 5.59. The van der Waals surface area contributed by atoms with Crippen LogP contribution in [0.3, 0.4) is 0 Å². The van der Waals surface area contributed by atoms with Crippen LogP contribution in [0.5, 0.6) is 0 Å². The van der Waals surface area contributed by atoms with Crippen molar-refractivity contribution in [2.24, 2.45) is 5.41 Å². The zero-order valence-corrected chi connectivity index (χ0v) is 12.7. The lowest BCUT2D eigenvalue weighted by Crippen LogP contribution is -2.35. The Balaban J connectivity index is 2.10. The normalized spacial score (nSPS) is 18.3. The first-order chi connectivity index (χ1) is 9.51. The molecule has 0 atom stereocenters. The summed E-state index contributed by atoms with van der Waals surface area (Å²) in [5, 5.41) is 9.09. The smallest absolute Gasteiger partial charge is 0.240 e. The van der Waals surface area contributed by atoms with Gasteiger partial charge in [-0.15, -0.1) is 0 Å². The van der Waals surface area contributed by atoms with Crippen molar-refractivity contribution in [1.82, 2.24) is 4.72 Å². The van der Waals surface area contributed by atoms with Gasteiger partial charge in [0.2, 0.25) is 10.0 Å². The van der Waals surface area contributed by atoms with Crippen LogP contribution < -0.4 is 4.72 Å². The molecule has 1 saturated carbocycles. The zero-order valence-electron chi connectivity index (χ0n) is 11.9. The fourth-order valence-electron chi connectivity index (χ4n) is 2.92. The summed E-state index contributed by atoms with van der Waals surface area (Å²) in [7, 11) is -3.49. The van der Waals surface area contributed by atoms with E-state index in [4.69, 9.17) is 5.11 Å². The van der Waals surface area contributed by atoms with Crippen LogP contribution in [0.4, 0.5) is 0 Å². The maximum Gasteiger partial charge on any atom is 0.240 e. The van der Waals surface area contributed by atoms with E-state index < -0.39 is 10.0 Å². The molecule has 112 valence electrons. The number of sulfonamides is 1. The van der Waals surface area contributed by atoms with Gasteiger partial charge in [0.05, 0.1) is 11.5 Å². The number of hydrogen-bond donors (Lipinski definition) is 2. The van der Waals surface area contributed by atoms with Gasteiger partial charge in [0.25, 0.3) is 0 Å². The van der Waals surface area contributed by atoms with Crippen molar-refractivity contribution < 1.29 is 13.5 Å². The van der Waals surface area contributed by atoms with Crippen LogP contribution in [-0.4, -0.2) is 20.1 Å². The summed E-state index contributed by atoms with van der Waals surface area (Å²) in [6, 6.07) is 6.46. The Morgan fingerprint density at radius 2 is 2.00 bits per heavy atom. The van der Waals surface area contributed by atoms with Gasteiger partial charge in [0, 0.05) is 6.54 Å². The third kappa shape index (κ3) is 3.40. The summed E-state index contributed by atoms with van der Waals surface area (Å²) in [5.74, 6) is 0. The topological polar surface area (TPSA) is 66.4 Å². The lowest BCUT2D eigenvalue weighted by atomic mass is 9.84. The number of hydrogen-bond acceptors (Lipinski definition) is 3. The van der Waals surface area contributed by atoms with Crippen molar-refractivity contribution in [3.63, 3.8) is 0 Å². The second-order valence-corrected chi connectivity index (χ2v) is 7.46. The minimum absolute atomic E-state index is 0.127. The predicted octanol–water partition coefficient (Wildman–Crippen LogP) is 2.43. The standard InChI is InChI=1S/C15H23NO3S/c1-2-15(8-3-4-9-15)12-16-20(18,19)14-7-5-6-13(10-14)11-17/h5-7,10,16-17H,2-4,8-9,11-12H2,1H3. The first-order valence-electron chi connectivity index (χ1n) is 7.21. The van der Waals surface area contributed by atoms with Crippen molar-refractivity contribution in [1.29, 1.82) is 0 Å². The molecule has 20 heavy (non-hydrogen) atoms. The minimum atomic E-state index is -3.49. The van der Waals surface area contributed by atoms with Gasteiger partial charge in [-0.25, -0.2) is 13.1 Å². The summed E-state index contributed by atoms with van der Waals surface area (Å²) >= 11 is 0. The van der Waals surface area contributed by atoms with Gasteiger partial charge in [0.1, 0.15) is 0 Å². The molecule has 1 aromatic rings. The molecule has 1 aromatic carbocycles. The van der Waals surface area contributed by atoms with Gasteiger partial charge < -0.3 is 5.11 Å². The van der Waals surface area contributed by atoms with Crippen molar-refractivity contribution in [3.05, 3.63) is 29.8 Å². The van der Waals surface area contributed by atoms with E-state index in [-0.39, 0.29) is 16.9 Å². The summed E-state index contributed by atoms with van der Waals surface area (Å²) in [6.45, 7) is 2.49. The summed E-state index contributed by atoms with van der Waals surface area (Å²) in [4.78, 5) is 0.230. The molecule has 0 spiro atoms. The zero-order chi connectivity index (χ0) is 14.6. The molecule has 1 aliphatic carbocycles. The van der Waals surface area contributed by atoms with Gasteiger partial charge in [0.15, 0.2) is 0 Å². The van der Waals surface area contributed by atoms with Crippen LogP contribution in [0.1, 0.15) is 44.6 Å². The molecule has 2 N–H and O–H groups in total. The van der Waals surface area contributed by atoms with Gasteiger partial charge in [-0.2, -0.15) is 0 Å². The number of nitrogens with one attached hydrogen (secondary N) is 1. The lowest BCUT2D eigenvalue weighted by Gasteiger charge is -2.27. The molecule has 0 saturated heterocycles. The summed E-state index contributed by atoms with van der Waals surface area (Å²) in [5.41, 5.74) is 0.737. The van der Waals surface area contributed by atoms with Gasteiger partial charge >= 0.3 is 0 Å². The van der Waals surface area contributed by atoms with Crippen LogP contribution in [0.2, 0.25) is 0 Å². The van der Waals surface area contributed by atoms with Crippen LogP contribution in [0.25, 0.3) is 0 Å². The molecule has 2 rings (SSSR count). The van der Waals surface area contributed by atoms with E-state index in [1.807, 2.05) is 0 Å². The Hall–Kier alpha value is -0.910. The maximum absolute atomic E-state index is 12.3. The Bertz CT molecular complexity index is 548. The van der Waals surface area contributed by atoms with E-state index in [2.05, 4.69) is 11.6 Å². The van der Waals surface area contributed by atoms with E-state index in [1.165, 1.54) is 18.9 Å². The number of aliphatic hydroxyl groups is 1. The Morgan fingerprint density at radius 3 is 2.60 bits per heavy atom. The number of aliphatic hydroxyl groups excluding tert-OH is 1. The van der Waals surface area contributed by atoms with Crippen molar-refractivity contribution >= 4 is 10.0 Å². The molecule has 0 aromatic heterocycles. The average molecular weight is 297 g/mol. The molecule has 0 heterocycles. The van der Waals surface area contributed by atoms with Crippen LogP contribution in [0.15, 0.2) is 29.2 Å². The highest BCUT2D eigenvalue weighted by Crippen LogP contribution is 2.40. The van der Waals surface area contributed by atoms with Gasteiger partial charge in [-0.1, -0.05) is 31.9 Å². The van der Waals surface area contributed by atoms with Gasteiger partial charge in [-0.05, 0) is 42.4 Å². The maximum atomic E-state index is 12.3. The molecule has 0 aliphatic heterocycles. The fraction of sp³-hybridized carbons (Fsp3) is 0.600. The highest BCUT2D eigenvalue weighted by Gasteiger charge is 2.33. The van der Waals surface area contributed by atoms with Crippen LogP contribution in [0, 0.1) is 5.41 Å². The quantitative estimate of drug-likeness (QED) is 0.847. The number of rotatable bonds is 6. The third-order valence-electron chi connectivity index (χ3n) is 4.44. The Kier molecular flexibility index (Phi) is 4.83. The molecule has 0 bridgehead atoms. The summed E-state index contributed by atoms with van der Waals surface area (Å²) < 4.78 is 27.4. The van der Waals surface area contributed by atoms with Crippen LogP contribution >= 0.6 is 0 Å². The van der Waals surface area contributed by atoms with E-state index >= 15 is 0 Å². The first kappa shape index (κ1) is 15.5. The molecular formula is C15H23NO3S. The monoisotopic (exact) mass is 297 g/mol. The first-order valence-corrected chi connectivity index (χ1v) is 8.69. The van der Waals surface area contributed by atoms with E-state index in [1.54, 1.807) is 18.2 Å². The highest BCUT2D eigenvalue weighted by molar-refractivity contribution is 7.89. The van der Waals surface area contributed by atoms with Crippen LogP contribution in [-0.2, 0) is 16.6 Å². The predicted molar refractivity (Wildman–Crippen MR) is 78.7 cm³/mol. The molecule has 0 radical (unpaired) electrons. The second kappa shape index (κ2) is 6.24. The lowest BCUT2D eigenvalue weighted by molar-refractivity contribution is 0.281. The van der Waals surface area contributed by atoms with E-state index in [0.29, 0.717) is 12.1 Å². The van der Waals surface area contributed by atoms with Crippen molar-refractivity contribution in [2.75, 3.05) is 6.54 Å². The number of benzene rings is 1. The third-order valence-corrected chi connectivity index (χ3v) is 5.84. The molecule has 0 amide bonds. The van der Waals surface area contributed by atoms with Crippen molar-refractivity contribution in [3.8, 4) is 0 Å². The van der Waals surface area contributed by atoms with Crippen molar-refractivity contribution in [2.45, 2.75) is 50.5 Å².